The third-order valence-corrected chi connectivity index (χ3v) is 2.82. The fourth-order valence-corrected chi connectivity index (χ4v) is 1.99. The molecule has 80 valence electrons. The molecule has 0 heteroatoms. The number of hydrogen-bond donors (Lipinski definition) is 0. The van der Waals surface area contributed by atoms with Gasteiger partial charge in [0.05, 0.1) is 0 Å². The lowest BCUT2D eigenvalue weighted by Gasteiger charge is -2.10. The lowest BCUT2D eigenvalue weighted by molar-refractivity contribution is 1.27. The predicted octanol–water partition coefficient (Wildman–Crippen LogP) is 4.39. The molecule has 0 saturated heterocycles. The molecule has 0 amide bonds. The second-order valence-corrected chi connectivity index (χ2v) is 3.96. The summed E-state index contributed by atoms with van der Waals surface area (Å²) < 4.78 is 0. The zero-order chi connectivity index (χ0) is 11.4. The first kappa shape index (κ1) is 10.7. The van der Waals surface area contributed by atoms with Crippen LogP contribution in [0.4, 0.5) is 0 Å². The zero-order valence-electron chi connectivity index (χ0n) is 9.61. The third kappa shape index (κ3) is 2.06. The number of allylic oxidation sites excluding steroid dienone is 1. The van der Waals surface area contributed by atoms with Gasteiger partial charge in [0.1, 0.15) is 0 Å². The van der Waals surface area contributed by atoms with E-state index in [1.54, 1.807) is 0 Å². The lowest BCUT2D eigenvalue weighted by atomic mass is 9.95. The van der Waals surface area contributed by atoms with Gasteiger partial charge in [0, 0.05) is 0 Å². The fourth-order valence-electron chi connectivity index (χ4n) is 1.99. The minimum Gasteiger partial charge on any atom is -0.103 e. The number of rotatable bonds is 3. The standard InChI is InChI=1S/C16H16/c1-3-8-14-10-5-7-12-16(14)15-11-6-4-9-13(15)2/h3-7,9-12H,1,8H2,2H3. The second-order valence-electron chi connectivity index (χ2n) is 3.96. The molecule has 0 saturated carbocycles. The molecular formula is C16H16. The van der Waals surface area contributed by atoms with E-state index in [4.69, 9.17) is 0 Å². The molecule has 2 rings (SSSR count). The van der Waals surface area contributed by atoms with Crippen molar-refractivity contribution in [2.45, 2.75) is 13.3 Å². The molecule has 0 atom stereocenters. The monoisotopic (exact) mass is 208 g/mol. The van der Waals surface area contributed by atoms with Crippen molar-refractivity contribution in [3.8, 4) is 11.1 Å². The van der Waals surface area contributed by atoms with Crippen molar-refractivity contribution in [2.75, 3.05) is 0 Å². The van der Waals surface area contributed by atoms with Gasteiger partial charge < -0.3 is 0 Å². The molecule has 0 unspecified atom stereocenters. The minimum atomic E-state index is 0.921. The van der Waals surface area contributed by atoms with Crippen LogP contribution in [0.15, 0.2) is 61.2 Å². The van der Waals surface area contributed by atoms with Crippen molar-refractivity contribution >= 4 is 0 Å². The summed E-state index contributed by atoms with van der Waals surface area (Å²) in [5, 5.41) is 0. The highest BCUT2D eigenvalue weighted by molar-refractivity contribution is 5.70. The van der Waals surface area contributed by atoms with E-state index in [0.29, 0.717) is 0 Å². The molecule has 0 radical (unpaired) electrons. The van der Waals surface area contributed by atoms with Crippen molar-refractivity contribution in [3.63, 3.8) is 0 Å². The van der Waals surface area contributed by atoms with Crippen LogP contribution in [0.2, 0.25) is 0 Å². The van der Waals surface area contributed by atoms with E-state index < -0.39 is 0 Å². The van der Waals surface area contributed by atoms with Gasteiger partial charge >= 0.3 is 0 Å². The first-order chi connectivity index (χ1) is 7.83. The highest BCUT2D eigenvalue weighted by Gasteiger charge is 2.04. The molecule has 0 aromatic heterocycles. The van der Waals surface area contributed by atoms with E-state index in [-0.39, 0.29) is 0 Å². The Bertz CT molecular complexity index is 495. The third-order valence-electron chi connectivity index (χ3n) is 2.82. The summed E-state index contributed by atoms with van der Waals surface area (Å²) >= 11 is 0. The maximum Gasteiger partial charge on any atom is -0.00940 e. The Morgan fingerprint density at radius 3 is 2.25 bits per heavy atom. The largest absolute Gasteiger partial charge is 0.103 e. The molecule has 2 aromatic carbocycles. The van der Waals surface area contributed by atoms with Crippen LogP contribution in [0.1, 0.15) is 11.1 Å². The van der Waals surface area contributed by atoms with Crippen molar-refractivity contribution in [2.24, 2.45) is 0 Å². The molecule has 0 N–H and O–H groups in total. The zero-order valence-corrected chi connectivity index (χ0v) is 9.61. The molecule has 0 fully saturated rings. The first-order valence-electron chi connectivity index (χ1n) is 5.57. The van der Waals surface area contributed by atoms with Crippen LogP contribution in [0.5, 0.6) is 0 Å². The van der Waals surface area contributed by atoms with E-state index in [2.05, 4.69) is 62.0 Å². The molecule has 0 aliphatic rings. The Morgan fingerprint density at radius 1 is 0.938 bits per heavy atom. The average molecular weight is 208 g/mol. The fraction of sp³-hybridized carbons (Fsp3) is 0.125. The van der Waals surface area contributed by atoms with Crippen LogP contribution in [-0.4, -0.2) is 0 Å². The second kappa shape index (κ2) is 4.80. The van der Waals surface area contributed by atoms with Gasteiger partial charge in [-0.2, -0.15) is 0 Å². The van der Waals surface area contributed by atoms with Gasteiger partial charge in [-0.3, -0.25) is 0 Å². The lowest BCUT2D eigenvalue weighted by Crippen LogP contribution is -1.89. The Balaban J connectivity index is 2.55. The molecule has 0 bridgehead atoms. The van der Waals surface area contributed by atoms with E-state index >= 15 is 0 Å². The topological polar surface area (TPSA) is 0 Å². The van der Waals surface area contributed by atoms with Crippen molar-refractivity contribution < 1.29 is 0 Å². The molecular weight excluding hydrogens is 192 g/mol. The van der Waals surface area contributed by atoms with E-state index in [1.165, 1.54) is 22.3 Å². The smallest absolute Gasteiger partial charge is 0.00940 e. The van der Waals surface area contributed by atoms with E-state index in [9.17, 15) is 0 Å². The van der Waals surface area contributed by atoms with Crippen LogP contribution >= 0.6 is 0 Å². The molecule has 0 nitrogen and oxygen atoms in total. The molecule has 0 aliphatic carbocycles. The maximum absolute atomic E-state index is 3.81. The Hall–Kier alpha value is -1.82. The van der Waals surface area contributed by atoms with Gasteiger partial charge in [0.15, 0.2) is 0 Å². The summed E-state index contributed by atoms with van der Waals surface area (Å²) in [5.41, 5.74) is 5.30. The Morgan fingerprint density at radius 2 is 1.56 bits per heavy atom. The summed E-state index contributed by atoms with van der Waals surface area (Å²) in [6.07, 6.45) is 2.88. The normalized spacial score (nSPS) is 10.1. The van der Waals surface area contributed by atoms with Crippen LogP contribution in [-0.2, 0) is 6.42 Å². The summed E-state index contributed by atoms with van der Waals surface area (Å²) in [5.74, 6) is 0. The van der Waals surface area contributed by atoms with Crippen molar-refractivity contribution in [3.05, 3.63) is 72.3 Å². The van der Waals surface area contributed by atoms with Crippen LogP contribution in [0.25, 0.3) is 11.1 Å². The summed E-state index contributed by atoms with van der Waals surface area (Å²) in [6, 6.07) is 17.0. The first-order valence-corrected chi connectivity index (χ1v) is 5.57. The van der Waals surface area contributed by atoms with Gasteiger partial charge in [-0.05, 0) is 35.6 Å². The van der Waals surface area contributed by atoms with Gasteiger partial charge in [-0.1, -0.05) is 54.6 Å². The maximum atomic E-state index is 3.81. The average Bonchev–Trinajstić information content (AvgIpc) is 2.31. The Kier molecular flexibility index (Phi) is 3.21. The van der Waals surface area contributed by atoms with Crippen molar-refractivity contribution in [1.82, 2.24) is 0 Å². The number of benzene rings is 2. The van der Waals surface area contributed by atoms with Crippen LogP contribution in [0.3, 0.4) is 0 Å². The van der Waals surface area contributed by atoms with Gasteiger partial charge in [-0.15, -0.1) is 6.58 Å². The van der Waals surface area contributed by atoms with Crippen molar-refractivity contribution in [1.29, 1.82) is 0 Å². The van der Waals surface area contributed by atoms with Gasteiger partial charge in [-0.25, -0.2) is 0 Å². The van der Waals surface area contributed by atoms with E-state index in [0.717, 1.165) is 6.42 Å². The van der Waals surface area contributed by atoms with Gasteiger partial charge in [0.25, 0.3) is 0 Å². The highest BCUT2D eigenvalue weighted by atomic mass is 14.1. The highest BCUT2D eigenvalue weighted by Crippen LogP contribution is 2.26. The van der Waals surface area contributed by atoms with E-state index in [1.807, 2.05) is 6.08 Å². The summed E-state index contributed by atoms with van der Waals surface area (Å²) in [4.78, 5) is 0. The summed E-state index contributed by atoms with van der Waals surface area (Å²) in [6.45, 7) is 5.97. The summed E-state index contributed by atoms with van der Waals surface area (Å²) in [7, 11) is 0. The predicted molar refractivity (Wildman–Crippen MR) is 70.5 cm³/mol. The Labute approximate surface area is 97.3 Å². The minimum absolute atomic E-state index is 0.921. The van der Waals surface area contributed by atoms with Gasteiger partial charge in [0.2, 0.25) is 0 Å². The molecule has 16 heavy (non-hydrogen) atoms. The molecule has 0 heterocycles. The van der Waals surface area contributed by atoms with Crippen LogP contribution in [0, 0.1) is 6.92 Å². The molecule has 0 spiro atoms. The van der Waals surface area contributed by atoms with Crippen LogP contribution < -0.4 is 0 Å². The molecule has 0 aliphatic heterocycles. The number of hydrogen-bond acceptors (Lipinski definition) is 0. The number of aryl methyl sites for hydroxylation is 1. The SMILES string of the molecule is C=CCc1ccccc1-c1ccccc1C. The molecule has 2 aromatic rings. The quantitative estimate of drug-likeness (QED) is 0.656.